The Morgan fingerprint density at radius 1 is 1.05 bits per heavy atom. The van der Waals surface area contributed by atoms with Gasteiger partial charge in [-0.15, -0.1) is 0 Å². The molecule has 0 atom stereocenters. The summed E-state index contributed by atoms with van der Waals surface area (Å²) in [5, 5.41) is 9.83. The van der Waals surface area contributed by atoms with E-state index in [1.807, 2.05) is 16.7 Å². The highest BCUT2D eigenvalue weighted by Gasteiger charge is 2.09. The first-order chi connectivity index (χ1) is 10.6. The zero-order chi connectivity index (χ0) is 15.5. The minimum Gasteiger partial charge on any atom is -0.508 e. The van der Waals surface area contributed by atoms with E-state index < -0.39 is 11.6 Å². The molecule has 0 aliphatic heterocycles. The SMILES string of the molecule is Oc1ccccc1Cn1ccnc1Cc1ccc(F)c(F)c1. The molecule has 112 valence electrons. The number of aromatic hydroxyl groups is 1. The number of halogens is 2. The van der Waals surface area contributed by atoms with E-state index >= 15 is 0 Å². The molecule has 3 aromatic rings. The summed E-state index contributed by atoms with van der Waals surface area (Å²) >= 11 is 0. The third-order valence-electron chi connectivity index (χ3n) is 3.48. The molecule has 0 unspecified atom stereocenters. The highest BCUT2D eigenvalue weighted by molar-refractivity contribution is 5.32. The van der Waals surface area contributed by atoms with Crippen molar-refractivity contribution >= 4 is 0 Å². The van der Waals surface area contributed by atoms with Crippen LogP contribution in [0.5, 0.6) is 5.75 Å². The molecule has 0 spiro atoms. The van der Waals surface area contributed by atoms with Crippen molar-refractivity contribution in [3.8, 4) is 5.75 Å². The third kappa shape index (κ3) is 2.98. The average Bonchev–Trinajstić information content (AvgIpc) is 2.92. The van der Waals surface area contributed by atoms with Crippen molar-refractivity contribution in [1.29, 1.82) is 0 Å². The van der Waals surface area contributed by atoms with Crippen molar-refractivity contribution in [3.63, 3.8) is 0 Å². The van der Waals surface area contributed by atoms with Crippen molar-refractivity contribution in [1.82, 2.24) is 9.55 Å². The van der Waals surface area contributed by atoms with Crippen molar-refractivity contribution < 1.29 is 13.9 Å². The van der Waals surface area contributed by atoms with E-state index in [-0.39, 0.29) is 5.75 Å². The molecule has 0 aliphatic carbocycles. The predicted molar refractivity (Wildman–Crippen MR) is 78.6 cm³/mol. The van der Waals surface area contributed by atoms with Crippen LogP contribution in [0.4, 0.5) is 8.78 Å². The highest BCUT2D eigenvalue weighted by atomic mass is 19.2. The monoisotopic (exact) mass is 300 g/mol. The molecule has 0 radical (unpaired) electrons. The number of hydrogen-bond donors (Lipinski definition) is 1. The van der Waals surface area contributed by atoms with Crippen LogP contribution in [0.1, 0.15) is 17.0 Å². The summed E-state index contributed by atoms with van der Waals surface area (Å²) < 4.78 is 28.1. The molecular formula is C17H14F2N2O. The first-order valence-electron chi connectivity index (χ1n) is 6.84. The molecule has 1 N–H and O–H groups in total. The van der Waals surface area contributed by atoms with Gasteiger partial charge in [0, 0.05) is 24.4 Å². The van der Waals surface area contributed by atoms with E-state index in [1.54, 1.807) is 24.5 Å². The van der Waals surface area contributed by atoms with E-state index in [1.165, 1.54) is 12.1 Å². The van der Waals surface area contributed by atoms with Gasteiger partial charge in [-0.05, 0) is 23.8 Å². The Morgan fingerprint density at radius 2 is 1.86 bits per heavy atom. The van der Waals surface area contributed by atoms with Gasteiger partial charge in [-0.25, -0.2) is 13.8 Å². The maximum atomic E-state index is 13.3. The van der Waals surface area contributed by atoms with Gasteiger partial charge in [0.2, 0.25) is 0 Å². The third-order valence-corrected chi connectivity index (χ3v) is 3.48. The van der Waals surface area contributed by atoms with Gasteiger partial charge in [-0.1, -0.05) is 24.3 Å². The van der Waals surface area contributed by atoms with Gasteiger partial charge in [0.05, 0.1) is 6.54 Å². The predicted octanol–water partition coefficient (Wildman–Crippen LogP) is 3.51. The van der Waals surface area contributed by atoms with Crippen LogP contribution in [0, 0.1) is 11.6 Å². The Labute approximate surface area is 126 Å². The number of aromatic nitrogens is 2. The van der Waals surface area contributed by atoms with E-state index in [0.717, 1.165) is 11.6 Å². The fourth-order valence-electron chi connectivity index (χ4n) is 2.31. The van der Waals surface area contributed by atoms with Crippen LogP contribution >= 0.6 is 0 Å². The van der Waals surface area contributed by atoms with Crippen LogP contribution in [0.15, 0.2) is 54.9 Å². The number of nitrogens with zero attached hydrogens (tertiary/aromatic N) is 2. The minimum absolute atomic E-state index is 0.218. The molecule has 3 rings (SSSR count). The van der Waals surface area contributed by atoms with Gasteiger partial charge >= 0.3 is 0 Å². The van der Waals surface area contributed by atoms with E-state index in [2.05, 4.69) is 4.98 Å². The molecule has 3 nitrogen and oxygen atoms in total. The maximum Gasteiger partial charge on any atom is 0.159 e. The molecule has 5 heteroatoms. The Hall–Kier alpha value is -2.69. The van der Waals surface area contributed by atoms with Gasteiger partial charge in [-0.3, -0.25) is 0 Å². The van der Waals surface area contributed by atoms with Crippen LogP contribution in [0.3, 0.4) is 0 Å². The molecule has 0 saturated heterocycles. The Balaban J connectivity index is 1.83. The normalized spacial score (nSPS) is 10.8. The Bertz CT molecular complexity index is 799. The van der Waals surface area contributed by atoms with Gasteiger partial charge < -0.3 is 9.67 Å². The van der Waals surface area contributed by atoms with E-state index in [9.17, 15) is 13.9 Å². The molecule has 0 bridgehead atoms. The summed E-state index contributed by atoms with van der Waals surface area (Å²) in [6, 6.07) is 10.9. The van der Waals surface area contributed by atoms with Gasteiger partial charge in [-0.2, -0.15) is 0 Å². The standard InChI is InChI=1S/C17H14F2N2O/c18-14-6-5-12(9-15(14)19)10-17-20-7-8-21(17)11-13-3-1-2-4-16(13)22/h1-9,22H,10-11H2. The number of rotatable bonds is 4. The first kappa shape index (κ1) is 14.3. The van der Waals surface area contributed by atoms with Crippen molar-refractivity contribution in [3.05, 3.63) is 83.4 Å². The molecule has 22 heavy (non-hydrogen) atoms. The van der Waals surface area contributed by atoms with Crippen molar-refractivity contribution in [2.45, 2.75) is 13.0 Å². The molecule has 0 amide bonds. The van der Waals surface area contributed by atoms with Crippen LogP contribution in [0.25, 0.3) is 0 Å². The summed E-state index contributed by atoms with van der Waals surface area (Å²) in [5.41, 5.74) is 1.41. The fourth-order valence-corrected chi connectivity index (χ4v) is 2.31. The van der Waals surface area contributed by atoms with E-state index in [4.69, 9.17) is 0 Å². The lowest BCUT2D eigenvalue weighted by molar-refractivity contribution is 0.465. The van der Waals surface area contributed by atoms with Gasteiger partial charge in [0.1, 0.15) is 11.6 Å². The lowest BCUT2D eigenvalue weighted by atomic mass is 10.1. The maximum absolute atomic E-state index is 13.3. The van der Waals surface area contributed by atoms with Crippen LogP contribution in [0.2, 0.25) is 0 Å². The lowest BCUT2D eigenvalue weighted by Gasteiger charge is -2.09. The molecule has 0 aliphatic rings. The van der Waals surface area contributed by atoms with Crippen molar-refractivity contribution in [2.75, 3.05) is 0 Å². The highest BCUT2D eigenvalue weighted by Crippen LogP contribution is 2.19. The summed E-state index contributed by atoms with van der Waals surface area (Å²) in [6.45, 7) is 0.464. The Kier molecular flexibility index (Phi) is 3.87. The molecule has 2 aromatic carbocycles. The second-order valence-corrected chi connectivity index (χ2v) is 5.03. The number of imidazole rings is 1. The van der Waals surface area contributed by atoms with Crippen LogP contribution < -0.4 is 0 Å². The summed E-state index contributed by atoms with van der Waals surface area (Å²) in [5.74, 6) is -0.790. The molecular weight excluding hydrogens is 286 g/mol. The molecule has 0 saturated carbocycles. The number of phenolic OH excluding ortho intramolecular Hbond substituents is 1. The molecule has 1 aromatic heterocycles. The average molecular weight is 300 g/mol. The second kappa shape index (κ2) is 5.97. The quantitative estimate of drug-likeness (QED) is 0.800. The number of para-hydroxylation sites is 1. The van der Waals surface area contributed by atoms with E-state index in [0.29, 0.717) is 24.4 Å². The van der Waals surface area contributed by atoms with Gasteiger partial charge in [0.25, 0.3) is 0 Å². The van der Waals surface area contributed by atoms with Crippen LogP contribution in [-0.2, 0) is 13.0 Å². The number of phenols is 1. The summed E-state index contributed by atoms with van der Waals surface area (Å²) in [7, 11) is 0. The minimum atomic E-state index is -0.865. The number of hydrogen-bond acceptors (Lipinski definition) is 2. The zero-order valence-corrected chi connectivity index (χ0v) is 11.7. The van der Waals surface area contributed by atoms with Gasteiger partial charge in [0.15, 0.2) is 11.6 Å². The number of benzene rings is 2. The molecule has 0 fully saturated rings. The molecule has 1 heterocycles. The van der Waals surface area contributed by atoms with Crippen molar-refractivity contribution in [2.24, 2.45) is 0 Å². The van der Waals surface area contributed by atoms with Crippen LogP contribution in [-0.4, -0.2) is 14.7 Å². The summed E-state index contributed by atoms with van der Waals surface area (Å²) in [4.78, 5) is 4.25. The summed E-state index contributed by atoms with van der Waals surface area (Å²) in [6.07, 6.45) is 3.83. The first-order valence-corrected chi connectivity index (χ1v) is 6.84. The zero-order valence-electron chi connectivity index (χ0n) is 11.7. The Morgan fingerprint density at radius 3 is 2.64 bits per heavy atom. The lowest BCUT2D eigenvalue weighted by Crippen LogP contribution is -2.05. The smallest absolute Gasteiger partial charge is 0.159 e. The largest absolute Gasteiger partial charge is 0.508 e. The second-order valence-electron chi connectivity index (χ2n) is 5.03. The topological polar surface area (TPSA) is 38.0 Å². The fraction of sp³-hybridized carbons (Fsp3) is 0.118.